The molecule has 4 nitrogen and oxygen atoms in total. The van der Waals surface area contributed by atoms with E-state index >= 15 is 0 Å². The second-order valence-corrected chi connectivity index (χ2v) is 6.33. The maximum atomic E-state index is 5.45. The highest BCUT2D eigenvalue weighted by molar-refractivity contribution is 9.10. The highest BCUT2D eigenvalue weighted by Crippen LogP contribution is 2.14. The zero-order valence-electron chi connectivity index (χ0n) is 12.8. The van der Waals surface area contributed by atoms with Crippen LogP contribution < -0.4 is 5.32 Å². The minimum Gasteiger partial charge on any atom is -0.381 e. The number of aliphatic imine (C=N–C) groups is 1. The van der Waals surface area contributed by atoms with Gasteiger partial charge >= 0.3 is 0 Å². The standard InChI is InChI=1S/C16H24BrN3O/c1-3-18-16(20(2)11-14-7-8-21-12-14)19-10-13-5-4-6-15(17)9-13/h4-6,9,14H,3,7-8,10-12H2,1-2H3,(H,18,19). The summed E-state index contributed by atoms with van der Waals surface area (Å²) < 4.78 is 6.54. The molecule has 1 aliphatic heterocycles. The van der Waals surface area contributed by atoms with Crippen molar-refractivity contribution in [2.24, 2.45) is 10.9 Å². The van der Waals surface area contributed by atoms with Crippen LogP contribution in [-0.4, -0.2) is 44.2 Å². The first-order valence-corrected chi connectivity index (χ1v) is 8.30. The van der Waals surface area contributed by atoms with Crippen LogP contribution in [0.1, 0.15) is 18.9 Å². The first-order valence-electron chi connectivity index (χ1n) is 7.50. The van der Waals surface area contributed by atoms with Crippen LogP contribution in [0.2, 0.25) is 0 Å². The van der Waals surface area contributed by atoms with Gasteiger partial charge in [0, 0.05) is 37.1 Å². The Hall–Kier alpha value is -1.07. The van der Waals surface area contributed by atoms with E-state index in [4.69, 9.17) is 9.73 Å². The Morgan fingerprint density at radius 3 is 3.05 bits per heavy atom. The van der Waals surface area contributed by atoms with Crippen molar-refractivity contribution in [2.75, 3.05) is 33.4 Å². The predicted molar refractivity (Wildman–Crippen MR) is 90.5 cm³/mol. The van der Waals surface area contributed by atoms with Gasteiger partial charge in [-0.05, 0) is 31.0 Å². The summed E-state index contributed by atoms with van der Waals surface area (Å²) in [5.74, 6) is 1.58. The van der Waals surface area contributed by atoms with Crippen LogP contribution in [0.15, 0.2) is 33.7 Å². The molecule has 2 rings (SSSR count). The number of benzene rings is 1. The first-order chi connectivity index (χ1) is 10.2. The van der Waals surface area contributed by atoms with E-state index in [1.165, 1.54) is 5.56 Å². The van der Waals surface area contributed by atoms with Gasteiger partial charge < -0.3 is 15.0 Å². The lowest BCUT2D eigenvalue weighted by molar-refractivity contribution is 0.181. The molecule has 0 aromatic heterocycles. The van der Waals surface area contributed by atoms with E-state index in [1.54, 1.807) is 0 Å². The maximum Gasteiger partial charge on any atom is 0.193 e. The topological polar surface area (TPSA) is 36.9 Å². The lowest BCUT2D eigenvalue weighted by Crippen LogP contribution is -2.41. The number of guanidine groups is 1. The average molecular weight is 354 g/mol. The number of rotatable bonds is 5. The van der Waals surface area contributed by atoms with Gasteiger partial charge in [-0.1, -0.05) is 28.1 Å². The molecule has 1 aromatic rings. The van der Waals surface area contributed by atoms with Crippen LogP contribution in [-0.2, 0) is 11.3 Å². The highest BCUT2D eigenvalue weighted by atomic mass is 79.9. The molecule has 0 amide bonds. The lowest BCUT2D eigenvalue weighted by Gasteiger charge is -2.24. The molecule has 0 saturated carbocycles. The minimum atomic E-state index is 0.615. The van der Waals surface area contributed by atoms with Crippen LogP contribution in [0.4, 0.5) is 0 Å². The maximum absolute atomic E-state index is 5.45. The summed E-state index contributed by atoms with van der Waals surface area (Å²) in [4.78, 5) is 6.95. The van der Waals surface area contributed by atoms with Crippen molar-refractivity contribution in [3.8, 4) is 0 Å². The van der Waals surface area contributed by atoms with Gasteiger partial charge in [0.1, 0.15) is 0 Å². The molecule has 0 bridgehead atoms. The highest BCUT2D eigenvalue weighted by Gasteiger charge is 2.18. The van der Waals surface area contributed by atoms with Gasteiger partial charge in [0.2, 0.25) is 0 Å². The summed E-state index contributed by atoms with van der Waals surface area (Å²) in [6, 6.07) is 8.28. The van der Waals surface area contributed by atoms with E-state index in [0.717, 1.165) is 43.2 Å². The number of hydrogen-bond acceptors (Lipinski definition) is 2. The molecule has 1 heterocycles. The Morgan fingerprint density at radius 2 is 2.38 bits per heavy atom. The third-order valence-corrected chi connectivity index (χ3v) is 4.05. The van der Waals surface area contributed by atoms with Crippen LogP contribution in [0, 0.1) is 5.92 Å². The predicted octanol–water partition coefficient (Wildman–Crippen LogP) is 2.88. The minimum absolute atomic E-state index is 0.615. The molecule has 1 N–H and O–H groups in total. The van der Waals surface area contributed by atoms with E-state index in [0.29, 0.717) is 12.5 Å². The third kappa shape index (κ3) is 5.32. The molecule has 116 valence electrons. The summed E-state index contributed by atoms with van der Waals surface area (Å²) in [7, 11) is 2.10. The van der Waals surface area contributed by atoms with Crippen molar-refractivity contribution in [1.29, 1.82) is 0 Å². The van der Waals surface area contributed by atoms with Gasteiger partial charge in [0.15, 0.2) is 5.96 Å². The summed E-state index contributed by atoms with van der Waals surface area (Å²) >= 11 is 3.50. The van der Waals surface area contributed by atoms with Crippen molar-refractivity contribution < 1.29 is 4.74 Å². The molecular weight excluding hydrogens is 330 g/mol. The summed E-state index contributed by atoms with van der Waals surface area (Å²) in [5.41, 5.74) is 1.21. The lowest BCUT2D eigenvalue weighted by atomic mass is 10.1. The number of hydrogen-bond donors (Lipinski definition) is 1. The monoisotopic (exact) mass is 353 g/mol. The zero-order valence-corrected chi connectivity index (χ0v) is 14.4. The Kier molecular flexibility index (Phi) is 6.51. The Labute approximate surface area is 135 Å². The zero-order chi connectivity index (χ0) is 15.1. The van der Waals surface area contributed by atoms with Crippen molar-refractivity contribution in [2.45, 2.75) is 19.9 Å². The molecule has 0 radical (unpaired) electrons. The largest absolute Gasteiger partial charge is 0.381 e. The molecule has 21 heavy (non-hydrogen) atoms. The normalized spacial score (nSPS) is 18.8. The fourth-order valence-corrected chi connectivity index (χ4v) is 2.92. The Bertz CT molecular complexity index is 472. The fraction of sp³-hybridized carbons (Fsp3) is 0.562. The van der Waals surface area contributed by atoms with E-state index in [9.17, 15) is 0 Å². The quantitative estimate of drug-likeness (QED) is 0.653. The summed E-state index contributed by atoms with van der Waals surface area (Å²) in [6.07, 6.45) is 1.15. The molecule has 1 fully saturated rings. The number of ether oxygens (including phenoxy) is 1. The molecule has 0 spiro atoms. The van der Waals surface area contributed by atoms with E-state index in [-0.39, 0.29) is 0 Å². The fourth-order valence-electron chi connectivity index (χ4n) is 2.47. The average Bonchev–Trinajstić information content (AvgIpc) is 2.96. The SMILES string of the molecule is CCNC(=NCc1cccc(Br)c1)N(C)CC1CCOC1. The van der Waals surface area contributed by atoms with Gasteiger partial charge in [-0.3, -0.25) is 0 Å². The van der Waals surface area contributed by atoms with Crippen molar-refractivity contribution in [3.05, 3.63) is 34.3 Å². The van der Waals surface area contributed by atoms with Crippen molar-refractivity contribution in [1.82, 2.24) is 10.2 Å². The van der Waals surface area contributed by atoms with Gasteiger partial charge in [-0.25, -0.2) is 4.99 Å². The second-order valence-electron chi connectivity index (χ2n) is 5.41. The van der Waals surface area contributed by atoms with Crippen LogP contribution in [0.5, 0.6) is 0 Å². The van der Waals surface area contributed by atoms with Gasteiger partial charge in [0.25, 0.3) is 0 Å². The van der Waals surface area contributed by atoms with Crippen molar-refractivity contribution in [3.63, 3.8) is 0 Å². The second kappa shape index (κ2) is 8.39. The molecular formula is C16H24BrN3O. The third-order valence-electron chi connectivity index (χ3n) is 3.55. The summed E-state index contributed by atoms with van der Waals surface area (Å²) in [6.45, 7) is 6.42. The number of nitrogens with one attached hydrogen (secondary N) is 1. The van der Waals surface area contributed by atoms with Crippen LogP contribution in [0.25, 0.3) is 0 Å². The molecule has 1 aromatic carbocycles. The van der Waals surface area contributed by atoms with E-state index in [2.05, 4.69) is 52.3 Å². The summed E-state index contributed by atoms with van der Waals surface area (Å²) in [5, 5.41) is 3.36. The molecule has 1 aliphatic rings. The van der Waals surface area contributed by atoms with Crippen LogP contribution >= 0.6 is 15.9 Å². The van der Waals surface area contributed by atoms with Crippen LogP contribution in [0.3, 0.4) is 0 Å². The van der Waals surface area contributed by atoms with E-state index in [1.807, 2.05) is 12.1 Å². The Balaban J connectivity index is 1.97. The smallest absolute Gasteiger partial charge is 0.193 e. The Morgan fingerprint density at radius 1 is 1.52 bits per heavy atom. The molecule has 1 atom stereocenters. The van der Waals surface area contributed by atoms with Gasteiger partial charge in [0.05, 0.1) is 13.2 Å². The molecule has 5 heteroatoms. The molecule has 0 aliphatic carbocycles. The molecule has 1 unspecified atom stereocenters. The number of halogens is 1. The van der Waals surface area contributed by atoms with E-state index < -0.39 is 0 Å². The van der Waals surface area contributed by atoms with Gasteiger partial charge in [-0.15, -0.1) is 0 Å². The number of nitrogens with zero attached hydrogens (tertiary/aromatic N) is 2. The van der Waals surface area contributed by atoms with Gasteiger partial charge in [-0.2, -0.15) is 0 Å². The first kappa shape index (κ1) is 16.3. The molecule has 1 saturated heterocycles. The van der Waals surface area contributed by atoms with Crippen molar-refractivity contribution >= 4 is 21.9 Å².